The molecule has 1 aromatic heterocycles. The van der Waals surface area contributed by atoms with Crippen molar-refractivity contribution in [3.05, 3.63) is 12.4 Å². The van der Waals surface area contributed by atoms with Gasteiger partial charge in [-0.2, -0.15) is 0 Å². The minimum Gasteiger partial charge on any atom is -0.392 e. The van der Waals surface area contributed by atoms with E-state index in [-0.39, 0.29) is 6.10 Å². The van der Waals surface area contributed by atoms with Crippen LogP contribution in [0.25, 0.3) is 0 Å². The second-order valence-corrected chi connectivity index (χ2v) is 4.43. The molecule has 16 heavy (non-hydrogen) atoms. The van der Waals surface area contributed by atoms with Gasteiger partial charge in [0.2, 0.25) is 0 Å². The minimum absolute atomic E-state index is 0.153. The molecule has 1 fully saturated rings. The summed E-state index contributed by atoms with van der Waals surface area (Å²) in [6, 6.07) is 0.296. The van der Waals surface area contributed by atoms with Crippen molar-refractivity contribution >= 4 is 0 Å². The first-order valence-electron chi connectivity index (χ1n) is 6.12. The predicted molar refractivity (Wildman–Crippen MR) is 60.9 cm³/mol. The molecule has 90 valence electrons. The zero-order valence-electron chi connectivity index (χ0n) is 9.55. The van der Waals surface area contributed by atoms with Gasteiger partial charge in [-0.25, -0.2) is 0 Å². The van der Waals surface area contributed by atoms with Crippen LogP contribution in [-0.4, -0.2) is 38.8 Å². The molecule has 2 rings (SSSR count). The summed E-state index contributed by atoms with van der Waals surface area (Å²) < 4.78 is 1.83. The summed E-state index contributed by atoms with van der Waals surface area (Å²) in [5.74, 6) is 0. The van der Waals surface area contributed by atoms with Gasteiger partial charge in [0.15, 0.2) is 0 Å². The van der Waals surface area contributed by atoms with Crippen LogP contribution in [-0.2, 0) is 6.54 Å². The average Bonchev–Trinajstić information content (AvgIpc) is 2.79. The Labute approximate surface area is 95.8 Å². The second-order valence-electron chi connectivity index (χ2n) is 4.43. The van der Waals surface area contributed by atoms with Gasteiger partial charge >= 0.3 is 0 Å². The van der Waals surface area contributed by atoms with Gasteiger partial charge in [0.25, 0.3) is 0 Å². The van der Waals surface area contributed by atoms with Crippen LogP contribution in [0.5, 0.6) is 0 Å². The van der Waals surface area contributed by atoms with E-state index in [1.54, 1.807) is 6.20 Å². The molecule has 0 aromatic carbocycles. The highest BCUT2D eigenvalue weighted by Crippen LogP contribution is 2.18. The third-order valence-electron chi connectivity index (χ3n) is 3.17. The summed E-state index contributed by atoms with van der Waals surface area (Å²) in [5.41, 5.74) is 0. The van der Waals surface area contributed by atoms with Gasteiger partial charge in [-0.1, -0.05) is 18.1 Å². The zero-order valence-corrected chi connectivity index (χ0v) is 9.55. The monoisotopic (exact) mass is 224 g/mol. The van der Waals surface area contributed by atoms with Crippen LogP contribution in [0.1, 0.15) is 32.1 Å². The van der Waals surface area contributed by atoms with Crippen molar-refractivity contribution in [2.45, 2.75) is 50.8 Å². The van der Waals surface area contributed by atoms with E-state index in [1.807, 2.05) is 10.9 Å². The van der Waals surface area contributed by atoms with Crippen molar-refractivity contribution in [2.24, 2.45) is 0 Å². The molecule has 1 aromatic rings. The van der Waals surface area contributed by atoms with Gasteiger partial charge < -0.3 is 10.4 Å². The number of aliphatic hydroxyl groups is 1. The third-order valence-corrected chi connectivity index (χ3v) is 3.17. The quantitative estimate of drug-likeness (QED) is 0.717. The number of aryl methyl sites for hydroxylation is 1. The molecule has 0 amide bonds. The molecule has 5 nitrogen and oxygen atoms in total. The molecule has 2 atom stereocenters. The molecule has 0 aliphatic heterocycles. The average molecular weight is 224 g/mol. The summed E-state index contributed by atoms with van der Waals surface area (Å²) in [6.45, 7) is 1.82. The van der Waals surface area contributed by atoms with Crippen molar-refractivity contribution < 1.29 is 5.11 Å². The number of aromatic nitrogens is 3. The molecule has 0 spiro atoms. The number of nitrogens with zero attached hydrogens (tertiary/aromatic N) is 3. The lowest BCUT2D eigenvalue weighted by molar-refractivity contribution is 0.0908. The molecule has 0 radical (unpaired) electrons. The van der Waals surface area contributed by atoms with Crippen molar-refractivity contribution in [2.75, 3.05) is 6.54 Å². The van der Waals surface area contributed by atoms with E-state index >= 15 is 0 Å². The molecule has 0 bridgehead atoms. The van der Waals surface area contributed by atoms with Gasteiger partial charge in [0, 0.05) is 18.8 Å². The maximum absolute atomic E-state index is 9.76. The lowest BCUT2D eigenvalue weighted by Crippen LogP contribution is -2.42. The number of hydrogen-bond donors (Lipinski definition) is 2. The first kappa shape index (κ1) is 11.5. The molecule has 1 aliphatic rings. The Balaban J connectivity index is 1.60. The highest BCUT2D eigenvalue weighted by atomic mass is 16.3. The molecule has 0 saturated heterocycles. The highest BCUT2D eigenvalue weighted by Gasteiger charge is 2.21. The van der Waals surface area contributed by atoms with Gasteiger partial charge in [0.05, 0.1) is 12.3 Å². The van der Waals surface area contributed by atoms with Gasteiger partial charge in [-0.3, -0.25) is 4.68 Å². The third kappa shape index (κ3) is 3.28. The Bertz CT molecular complexity index is 288. The summed E-state index contributed by atoms with van der Waals surface area (Å²) in [6.07, 6.45) is 8.88. The lowest BCUT2D eigenvalue weighted by atomic mass is 9.92. The van der Waals surface area contributed by atoms with E-state index < -0.39 is 0 Å². The Morgan fingerprint density at radius 1 is 1.38 bits per heavy atom. The molecule has 1 heterocycles. The van der Waals surface area contributed by atoms with E-state index in [1.165, 1.54) is 6.42 Å². The lowest BCUT2D eigenvalue weighted by Gasteiger charge is -2.28. The van der Waals surface area contributed by atoms with Gasteiger partial charge in [-0.15, -0.1) is 5.10 Å². The van der Waals surface area contributed by atoms with Gasteiger partial charge in [0.1, 0.15) is 0 Å². The fourth-order valence-electron chi connectivity index (χ4n) is 2.23. The normalized spacial score (nSPS) is 25.8. The second kappa shape index (κ2) is 5.96. The van der Waals surface area contributed by atoms with Gasteiger partial charge in [-0.05, 0) is 25.8 Å². The van der Waals surface area contributed by atoms with Crippen LogP contribution in [0, 0.1) is 0 Å². The standard InChI is InChI=1S/C11H20N4O/c16-11-5-2-1-4-10(11)12-6-3-8-15-9-7-13-14-15/h7,9-12,16H,1-6,8H2/t10-,11-/m1/s1. The molecule has 1 aliphatic carbocycles. The summed E-state index contributed by atoms with van der Waals surface area (Å²) >= 11 is 0. The Hall–Kier alpha value is -0.940. The number of hydrogen-bond acceptors (Lipinski definition) is 4. The van der Waals surface area contributed by atoms with E-state index in [4.69, 9.17) is 0 Å². The molecular weight excluding hydrogens is 204 g/mol. The van der Waals surface area contributed by atoms with Crippen molar-refractivity contribution in [1.29, 1.82) is 0 Å². The summed E-state index contributed by atoms with van der Waals surface area (Å²) in [4.78, 5) is 0. The highest BCUT2D eigenvalue weighted by molar-refractivity contribution is 4.80. The van der Waals surface area contributed by atoms with Crippen LogP contribution in [0.15, 0.2) is 12.4 Å². The zero-order chi connectivity index (χ0) is 11.2. The fraction of sp³-hybridized carbons (Fsp3) is 0.818. The minimum atomic E-state index is -0.153. The first-order chi connectivity index (χ1) is 7.86. The van der Waals surface area contributed by atoms with Crippen molar-refractivity contribution in [3.8, 4) is 0 Å². The number of nitrogens with one attached hydrogen (secondary N) is 1. The van der Waals surface area contributed by atoms with Crippen molar-refractivity contribution in [1.82, 2.24) is 20.3 Å². The predicted octanol–water partition coefficient (Wildman–Crippen LogP) is 0.561. The van der Waals surface area contributed by atoms with Crippen LogP contribution >= 0.6 is 0 Å². The number of aliphatic hydroxyl groups excluding tert-OH is 1. The largest absolute Gasteiger partial charge is 0.392 e. The van der Waals surface area contributed by atoms with E-state index in [2.05, 4.69) is 15.6 Å². The molecular formula is C11H20N4O. The number of rotatable bonds is 5. The smallest absolute Gasteiger partial charge is 0.0693 e. The summed E-state index contributed by atoms with van der Waals surface area (Å²) in [5, 5.41) is 20.8. The summed E-state index contributed by atoms with van der Waals surface area (Å²) in [7, 11) is 0. The Kier molecular flexibility index (Phi) is 4.30. The topological polar surface area (TPSA) is 63.0 Å². The maximum atomic E-state index is 9.76. The Morgan fingerprint density at radius 3 is 3.00 bits per heavy atom. The van der Waals surface area contributed by atoms with Crippen LogP contribution in [0.4, 0.5) is 0 Å². The van der Waals surface area contributed by atoms with E-state index in [0.29, 0.717) is 6.04 Å². The molecule has 0 unspecified atom stereocenters. The molecule has 5 heteroatoms. The van der Waals surface area contributed by atoms with Crippen molar-refractivity contribution in [3.63, 3.8) is 0 Å². The Morgan fingerprint density at radius 2 is 2.25 bits per heavy atom. The van der Waals surface area contributed by atoms with E-state index in [9.17, 15) is 5.11 Å². The first-order valence-corrected chi connectivity index (χ1v) is 6.12. The van der Waals surface area contributed by atoms with Crippen LogP contribution < -0.4 is 5.32 Å². The fourth-order valence-corrected chi connectivity index (χ4v) is 2.23. The molecule has 1 saturated carbocycles. The van der Waals surface area contributed by atoms with E-state index in [0.717, 1.165) is 38.8 Å². The van der Waals surface area contributed by atoms with Crippen LogP contribution in [0.3, 0.4) is 0 Å². The SMILES string of the molecule is O[C@@H]1CCCC[C@H]1NCCCn1ccnn1. The maximum Gasteiger partial charge on any atom is 0.0693 e. The van der Waals surface area contributed by atoms with Crippen LogP contribution in [0.2, 0.25) is 0 Å². The molecule has 2 N–H and O–H groups in total.